The first-order chi connectivity index (χ1) is 7.83. The van der Waals surface area contributed by atoms with Crippen molar-refractivity contribution in [2.75, 3.05) is 0 Å². The quantitative estimate of drug-likeness (QED) is 0.846. The molecule has 1 atom stereocenters. The predicted octanol–water partition coefficient (Wildman–Crippen LogP) is 3.53. The maximum Gasteiger partial charge on any atom is 0.284 e. The summed E-state index contributed by atoms with van der Waals surface area (Å²) < 4.78 is 5.34. The Morgan fingerprint density at radius 3 is 3.06 bits per heavy atom. The van der Waals surface area contributed by atoms with E-state index >= 15 is 0 Å². The lowest BCUT2D eigenvalue weighted by atomic mass is 9.98. The molecule has 1 unspecified atom stereocenters. The van der Waals surface area contributed by atoms with Crippen molar-refractivity contribution in [1.82, 2.24) is 10.2 Å². The van der Waals surface area contributed by atoms with Crippen LogP contribution in [0.15, 0.2) is 21.9 Å². The molecule has 84 valence electrons. The van der Waals surface area contributed by atoms with Crippen LogP contribution in [0.1, 0.15) is 29.5 Å². The van der Waals surface area contributed by atoms with Crippen LogP contribution >= 0.6 is 23.6 Å². The van der Waals surface area contributed by atoms with Crippen LogP contribution in [-0.4, -0.2) is 10.2 Å². The summed E-state index contributed by atoms with van der Waals surface area (Å²) in [5, 5.41) is 8.89. The SMILES string of the molecule is S=c1[nH]nc(CC(c2cccs2)C2CC2)o1. The van der Waals surface area contributed by atoms with Crippen molar-refractivity contribution in [3.05, 3.63) is 33.1 Å². The van der Waals surface area contributed by atoms with Crippen LogP contribution in [0.25, 0.3) is 0 Å². The van der Waals surface area contributed by atoms with E-state index in [0.717, 1.165) is 18.2 Å². The third kappa shape index (κ3) is 2.10. The smallest absolute Gasteiger partial charge is 0.284 e. The van der Waals surface area contributed by atoms with Crippen LogP contribution < -0.4 is 0 Å². The summed E-state index contributed by atoms with van der Waals surface area (Å²) >= 11 is 6.70. The first-order valence-electron chi connectivity index (χ1n) is 5.41. The number of hydrogen-bond donors (Lipinski definition) is 1. The molecule has 0 aliphatic heterocycles. The summed E-state index contributed by atoms with van der Waals surface area (Å²) in [5.74, 6) is 2.09. The minimum atomic E-state index is 0.371. The Kier molecular flexibility index (Phi) is 2.65. The summed E-state index contributed by atoms with van der Waals surface area (Å²) in [5.41, 5.74) is 0. The van der Waals surface area contributed by atoms with Crippen molar-refractivity contribution in [3.63, 3.8) is 0 Å². The third-order valence-electron chi connectivity index (χ3n) is 2.98. The molecule has 1 N–H and O–H groups in total. The number of thiophene rings is 1. The fourth-order valence-corrected chi connectivity index (χ4v) is 3.10. The number of aromatic amines is 1. The standard InChI is InChI=1S/C11H12N2OS2/c15-11-13-12-10(14-11)6-8(7-3-4-7)9-2-1-5-16-9/h1-2,5,7-8H,3-4,6H2,(H,13,15). The van der Waals surface area contributed by atoms with Crippen LogP contribution in [0.2, 0.25) is 0 Å². The minimum Gasteiger partial charge on any atom is -0.414 e. The first-order valence-corrected chi connectivity index (χ1v) is 6.69. The molecule has 0 aromatic carbocycles. The van der Waals surface area contributed by atoms with Gasteiger partial charge in [-0.05, 0) is 42.4 Å². The number of hydrogen-bond acceptors (Lipinski definition) is 4. The van der Waals surface area contributed by atoms with Crippen LogP contribution in [0.5, 0.6) is 0 Å². The van der Waals surface area contributed by atoms with E-state index in [1.54, 1.807) is 0 Å². The number of nitrogens with one attached hydrogen (secondary N) is 1. The largest absolute Gasteiger partial charge is 0.414 e. The van der Waals surface area contributed by atoms with Crippen LogP contribution in [0.4, 0.5) is 0 Å². The highest BCUT2D eigenvalue weighted by Crippen LogP contribution is 2.45. The molecular formula is C11H12N2OS2. The summed E-state index contributed by atoms with van der Waals surface area (Å²) in [4.78, 5) is 1.81. The molecule has 2 aromatic heterocycles. The maximum atomic E-state index is 5.34. The molecule has 1 aliphatic carbocycles. The number of H-pyrrole nitrogens is 1. The van der Waals surface area contributed by atoms with Crippen molar-refractivity contribution in [2.24, 2.45) is 5.92 Å². The molecule has 5 heteroatoms. The van der Waals surface area contributed by atoms with Gasteiger partial charge in [-0.25, -0.2) is 5.10 Å². The molecule has 1 aliphatic rings. The highest BCUT2D eigenvalue weighted by Gasteiger charge is 2.33. The summed E-state index contributed by atoms with van der Waals surface area (Å²) in [6.07, 6.45) is 3.51. The van der Waals surface area contributed by atoms with E-state index in [9.17, 15) is 0 Å². The molecule has 0 bridgehead atoms. The third-order valence-corrected chi connectivity index (χ3v) is 4.16. The molecule has 3 nitrogen and oxygen atoms in total. The Morgan fingerprint density at radius 1 is 1.62 bits per heavy atom. The number of rotatable bonds is 4. The Hall–Kier alpha value is -0.940. The Labute approximate surface area is 103 Å². The van der Waals surface area contributed by atoms with Gasteiger partial charge in [0.25, 0.3) is 4.84 Å². The number of nitrogens with zero attached hydrogens (tertiary/aromatic N) is 1. The van der Waals surface area contributed by atoms with Gasteiger partial charge in [0.15, 0.2) is 0 Å². The topological polar surface area (TPSA) is 41.8 Å². The Morgan fingerprint density at radius 2 is 2.50 bits per heavy atom. The molecule has 0 amide bonds. The average Bonchev–Trinajstić information content (AvgIpc) is 2.80. The van der Waals surface area contributed by atoms with Gasteiger partial charge in [0.1, 0.15) is 0 Å². The zero-order valence-electron chi connectivity index (χ0n) is 8.68. The molecule has 2 heterocycles. The molecule has 2 aromatic rings. The summed E-state index contributed by atoms with van der Waals surface area (Å²) in [7, 11) is 0. The Balaban J connectivity index is 1.82. The first kappa shape index (κ1) is 10.2. The fraction of sp³-hybridized carbons (Fsp3) is 0.455. The average molecular weight is 252 g/mol. The van der Waals surface area contributed by atoms with Gasteiger partial charge in [-0.3, -0.25) is 0 Å². The number of aromatic nitrogens is 2. The maximum absolute atomic E-state index is 5.34. The molecule has 0 spiro atoms. The van der Waals surface area contributed by atoms with E-state index in [-0.39, 0.29) is 0 Å². The van der Waals surface area contributed by atoms with E-state index in [1.165, 1.54) is 17.7 Å². The van der Waals surface area contributed by atoms with Crippen molar-refractivity contribution in [1.29, 1.82) is 0 Å². The molecule has 0 radical (unpaired) electrons. The van der Waals surface area contributed by atoms with Gasteiger partial charge in [-0.2, -0.15) is 0 Å². The van der Waals surface area contributed by atoms with E-state index in [4.69, 9.17) is 16.6 Å². The zero-order chi connectivity index (χ0) is 11.0. The monoisotopic (exact) mass is 252 g/mol. The van der Waals surface area contributed by atoms with Gasteiger partial charge in [0, 0.05) is 17.2 Å². The Bertz CT molecular complexity index is 510. The second-order valence-corrected chi connectivity index (χ2v) is 5.52. The van der Waals surface area contributed by atoms with E-state index in [1.807, 2.05) is 11.3 Å². The molecule has 0 saturated heterocycles. The second-order valence-electron chi connectivity index (χ2n) is 4.17. The second kappa shape index (κ2) is 4.14. The molecule has 16 heavy (non-hydrogen) atoms. The van der Waals surface area contributed by atoms with Gasteiger partial charge in [0.05, 0.1) is 0 Å². The van der Waals surface area contributed by atoms with Crippen LogP contribution in [0, 0.1) is 10.8 Å². The molecular weight excluding hydrogens is 240 g/mol. The zero-order valence-corrected chi connectivity index (χ0v) is 10.3. The lowest BCUT2D eigenvalue weighted by Gasteiger charge is -2.11. The minimum absolute atomic E-state index is 0.371. The lowest BCUT2D eigenvalue weighted by Crippen LogP contribution is -2.03. The predicted molar refractivity (Wildman–Crippen MR) is 65.2 cm³/mol. The van der Waals surface area contributed by atoms with Crippen LogP contribution in [0.3, 0.4) is 0 Å². The highest BCUT2D eigenvalue weighted by molar-refractivity contribution is 7.71. The van der Waals surface area contributed by atoms with Crippen molar-refractivity contribution < 1.29 is 4.42 Å². The summed E-state index contributed by atoms with van der Waals surface area (Å²) in [6, 6.07) is 4.31. The lowest BCUT2D eigenvalue weighted by molar-refractivity contribution is 0.448. The van der Waals surface area contributed by atoms with Crippen molar-refractivity contribution >= 4 is 23.6 Å². The summed E-state index contributed by atoms with van der Waals surface area (Å²) in [6.45, 7) is 0. The van der Waals surface area contributed by atoms with Gasteiger partial charge >= 0.3 is 0 Å². The highest BCUT2D eigenvalue weighted by atomic mass is 32.1. The molecule has 1 fully saturated rings. The van der Waals surface area contributed by atoms with Gasteiger partial charge in [0.2, 0.25) is 5.89 Å². The van der Waals surface area contributed by atoms with Gasteiger partial charge in [-0.1, -0.05) is 6.07 Å². The van der Waals surface area contributed by atoms with Crippen molar-refractivity contribution in [2.45, 2.75) is 25.2 Å². The molecule has 1 saturated carbocycles. The van der Waals surface area contributed by atoms with Gasteiger partial charge < -0.3 is 4.42 Å². The van der Waals surface area contributed by atoms with Gasteiger partial charge in [-0.15, -0.1) is 16.4 Å². The van der Waals surface area contributed by atoms with E-state index in [0.29, 0.717) is 10.8 Å². The van der Waals surface area contributed by atoms with Crippen molar-refractivity contribution in [3.8, 4) is 0 Å². The normalized spacial score (nSPS) is 17.5. The van der Waals surface area contributed by atoms with E-state index < -0.39 is 0 Å². The molecule has 3 rings (SSSR count). The van der Waals surface area contributed by atoms with E-state index in [2.05, 4.69) is 27.7 Å². The fourth-order valence-electron chi connectivity index (χ4n) is 2.04. The van der Waals surface area contributed by atoms with Crippen LogP contribution in [-0.2, 0) is 6.42 Å².